The van der Waals surface area contributed by atoms with Crippen molar-refractivity contribution in [3.05, 3.63) is 36.2 Å². The number of aryl methyl sites for hydroxylation is 1. The molecule has 0 amide bonds. The van der Waals surface area contributed by atoms with Crippen LogP contribution < -0.4 is 0 Å². The summed E-state index contributed by atoms with van der Waals surface area (Å²) in [6.45, 7) is 0. The first-order chi connectivity index (χ1) is 7.48. The lowest BCUT2D eigenvalue weighted by Gasteiger charge is -2.02. The molecular weight excluding hydrogens is 219 g/mol. The molecule has 0 radical (unpaired) electrons. The molecule has 0 bridgehead atoms. The van der Waals surface area contributed by atoms with Crippen LogP contribution in [0.1, 0.15) is 5.82 Å². The lowest BCUT2D eigenvalue weighted by atomic mass is 10.2. The molecule has 0 atom stereocenters. The molecule has 16 heavy (non-hydrogen) atoms. The van der Waals surface area contributed by atoms with E-state index >= 15 is 0 Å². The number of halogens is 3. The van der Waals surface area contributed by atoms with E-state index in [1.807, 2.05) is 0 Å². The van der Waals surface area contributed by atoms with Crippen LogP contribution in [-0.2, 0) is 13.2 Å². The lowest BCUT2D eigenvalue weighted by Crippen LogP contribution is -2.13. The highest BCUT2D eigenvalue weighted by atomic mass is 19.4. The molecule has 84 valence electrons. The van der Waals surface area contributed by atoms with Crippen LogP contribution in [0.5, 0.6) is 0 Å². The predicted molar refractivity (Wildman–Crippen MR) is 51.4 cm³/mol. The van der Waals surface area contributed by atoms with Crippen molar-refractivity contribution in [2.45, 2.75) is 6.18 Å². The summed E-state index contributed by atoms with van der Waals surface area (Å²) in [4.78, 5) is 3.48. The molecule has 0 aliphatic heterocycles. The van der Waals surface area contributed by atoms with E-state index in [0.29, 0.717) is 5.56 Å². The fourth-order valence-corrected chi connectivity index (χ4v) is 1.34. The minimum Gasteiger partial charge on any atom is -0.245 e. The molecule has 0 N–H and O–H groups in total. The van der Waals surface area contributed by atoms with Gasteiger partial charge in [0.25, 0.3) is 0 Å². The van der Waals surface area contributed by atoms with Gasteiger partial charge in [-0.3, -0.25) is 0 Å². The zero-order valence-corrected chi connectivity index (χ0v) is 8.36. The Morgan fingerprint density at radius 2 is 1.75 bits per heavy atom. The molecule has 0 unspecified atom stereocenters. The van der Waals surface area contributed by atoms with E-state index in [0.717, 1.165) is 4.68 Å². The minimum atomic E-state index is -4.48. The van der Waals surface area contributed by atoms with Crippen LogP contribution >= 0.6 is 0 Å². The van der Waals surface area contributed by atoms with E-state index in [9.17, 15) is 13.2 Å². The molecule has 0 aliphatic rings. The number of hydrogen-bond acceptors (Lipinski definition) is 2. The number of alkyl halides is 3. The van der Waals surface area contributed by atoms with E-state index in [-0.39, 0.29) is 5.82 Å². The van der Waals surface area contributed by atoms with Crippen molar-refractivity contribution in [2.24, 2.45) is 7.05 Å². The molecule has 2 rings (SSSR count). The maximum Gasteiger partial charge on any atom is 0.451 e. The van der Waals surface area contributed by atoms with Gasteiger partial charge in [0.2, 0.25) is 5.82 Å². The Morgan fingerprint density at radius 3 is 2.25 bits per heavy atom. The van der Waals surface area contributed by atoms with Gasteiger partial charge >= 0.3 is 6.18 Å². The van der Waals surface area contributed by atoms with Crippen molar-refractivity contribution in [3.8, 4) is 11.4 Å². The Kier molecular flexibility index (Phi) is 2.41. The molecule has 0 fully saturated rings. The third-order valence-electron chi connectivity index (χ3n) is 2.05. The Hall–Kier alpha value is -1.85. The topological polar surface area (TPSA) is 30.7 Å². The van der Waals surface area contributed by atoms with Gasteiger partial charge in [-0.2, -0.15) is 18.3 Å². The van der Waals surface area contributed by atoms with E-state index in [4.69, 9.17) is 0 Å². The van der Waals surface area contributed by atoms with Gasteiger partial charge < -0.3 is 0 Å². The summed E-state index contributed by atoms with van der Waals surface area (Å²) in [5.74, 6) is -0.915. The average molecular weight is 227 g/mol. The molecule has 1 aromatic carbocycles. The molecule has 6 heteroatoms. The van der Waals surface area contributed by atoms with Crippen LogP contribution in [0.4, 0.5) is 13.2 Å². The molecule has 2 aromatic rings. The van der Waals surface area contributed by atoms with Crippen LogP contribution in [0.2, 0.25) is 0 Å². The van der Waals surface area contributed by atoms with Gasteiger partial charge in [-0.1, -0.05) is 30.3 Å². The van der Waals surface area contributed by atoms with Gasteiger partial charge in [0.1, 0.15) is 0 Å². The van der Waals surface area contributed by atoms with Gasteiger partial charge in [-0.05, 0) is 0 Å². The van der Waals surface area contributed by atoms with Crippen molar-refractivity contribution in [3.63, 3.8) is 0 Å². The van der Waals surface area contributed by atoms with E-state index < -0.39 is 12.0 Å². The van der Waals surface area contributed by atoms with Crippen LogP contribution in [0, 0.1) is 0 Å². The number of aromatic nitrogens is 3. The second-order valence-corrected chi connectivity index (χ2v) is 3.25. The van der Waals surface area contributed by atoms with Crippen LogP contribution in [0.25, 0.3) is 11.4 Å². The molecule has 0 aliphatic carbocycles. The predicted octanol–water partition coefficient (Wildman–Crippen LogP) is 2.50. The summed E-state index contributed by atoms with van der Waals surface area (Å²) >= 11 is 0. The summed E-state index contributed by atoms with van der Waals surface area (Å²) < 4.78 is 38.1. The second kappa shape index (κ2) is 3.62. The summed E-state index contributed by atoms with van der Waals surface area (Å²) in [6.07, 6.45) is -4.48. The minimum absolute atomic E-state index is 0.0791. The summed E-state index contributed by atoms with van der Waals surface area (Å²) in [7, 11) is 1.22. The van der Waals surface area contributed by atoms with Crippen molar-refractivity contribution in [1.29, 1.82) is 0 Å². The van der Waals surface area contributed by atoms with Gasteiger partial charge in [-0.15, -0.1) is 0 Å². The van der Waals surface area contributed by atoms with Gasteiger partial charge in [0, 0.05) is 12.6 Å². The van der Waals surface area contributed by atoms with E-state index in [1.165, 1.54) is 7.05 Å². The van der Waals surface area contributed by atoms with Crippen molar-refractivity contribution < 1.29 is 13.2 Å². The Morgan fingerprint density at radius 1 is 1.12 bits per heavy atom. The molecule has 1 heterocycles. The van der Waals surface area contributed by atoms with Gasteiger partial charge in [0.15, 0.2) is 5.82 Å². The Balaban J connectivity index is 2.47. The van der Waals surface area contributed by atoms with Crippen LogP contribution in [0.3, 0.4) is 0 Å². The standard InChI is InChI=1S/C10H8F3N3/c1-16-9(10(11,12)13)14-8(15-16)7-5-3-2-4-6-7/h2-6H,1H3. The maximum absolute atomic E-state index is 12.5. The molecule has 3 nitrogen and oxygen atoms in total. The van der Waals surface area contributed by atoms with E-state index in [1.54, 1.807) is 30.3 Å². The smallest absolute Gasteiger partial charge is 0.245 e. The number of benzene rings is 1. The van der Waals surface area contributed by atoms with Gasteiger partial charge in [0.05, 0.1) is 0 Å². The Labute approximate surface area is 89.5 Å². The largest absolute Gasteiger partial charge is 0.451 e. The second-order valence-electron chi connectivity index (χ2n) is 3.25. The summed E-state index contributed by atoms with van der Waals surface area (Å²) in [5.41, 5.74) is 0.564. The fourth-order valence-electron chi connectivity index (χ4n) is 1.34. The lowest BCUT2D eigenvalue weighted by molar-refractivity contribution is -0.147. The average Bonchev–Trinajstić information content (AvgIpc) is 2.61. The molecule has 0 spiro atoms. The monoisotopic (exact) mass is 227 g/mol. The first kappa shape index (κ1) is 10.7. The third-order valence-corrected chi connectivity index (χ3v) is 2.05. The highest BCUT2D eigenvalue weighted by molar-refractivity contribution is 5.54. The normalized spacial score (nSPS) is 11.8. The highest BCUT2D eigenvalue weighted by Crippen LogP contribution is 2.28. The fraction of sp³-hybridized carbons (Fsp3) is 0.200. The first-order valence-electron chi connectivity index (χ1n) is 4.52. The van der Waals surface area contributed by atoms with Crippen molar-refractivity contribution >= 4 is 0 Å². The van der Waals surface area contributed by atoms with Crippen molar-refractivity contribution in [1.82, 2.24) is 14.8 Å². The summed E-state index contributed by atoms with van der Waals surface area (Å²) in [6, 6.07) is 8.54. The molecule has 0 saturated heterocycles. The van der Waals surface area contributed by atoms with Crippen molar-refractivity contribution in [2.75, 3.05) is 0 Å². The number of hydrogen-bond donors (Lipinski definition) is 0. The first-order valence-corrected chi connectivity index (χ1v) is 4.52. The molecule has 1 aromatic heterocycles. The molecular formula is C10H8F3N3. The third kappa shape index (κ3) is 1.91. The summed E-state index contributed by atoms with van der Waals surface area (Å²) in [5, 5.41) is 3.73. The van der Waals surface area contributed by atoms with E-state index in [2.05, 4.69) is 10.1 Å². The number of nitrogens with zero attached hydrogens (tertiary/aromatic N) is 3. The van der Waals surface area contributed by atoms with Crippen LogP contribution in [0.15, 0.2) is 30.3 Å². The zero-order chi connectivity index (χ0) is 11.8. The highest BCUT2D eigenvalue weighted by Gasteiger charge is 2.37. The maximum atomic E-state index is 12.5. The molecule has 0 saturated carbocycles. The Bertz CT molecular complexity index is 488. The number of rotatable bonds is 1. The van der Waals surface area contributed by atoms with Crippen LogP contribution in [-0.4, -0.2) is 14.8 Å². The van der Waals surface area contributed by atoms with Gasteiger partial charge in [-0.25, -0.2) is 9.67 Å². The zero-order valence-electron chi connectivity index (χ0n) is 8.36. The SMILES string of the molecule is Cn1nc(-c2ccccc2)nc1C(F)(F)F. The quantitative estimate of drug-likeness (QED) is 0.749.